The molecule has 0 heterocycles. The lowest BCUT2D eigenvalue weighted by Gasteiger charge is -2.10. The second-order valence-corrected chi connectivity index (χ2v) is 6.33. The van der Waals surface area contributed by atoms with Crippen molar-refractivity contribution >= 4 is 46.1 Å². The van der Waals surface area contributed by atoms with Crippen LogP contribution in [0.4, 0.5) is 11.4 Å². The number of amides is 1. The van der Waals surface area contributed by atoms with E-state index < -0.39 is 16.6 Å². The number of aryl methyl sites for hydroxylation is 1. The molecule has 0 unspecified atom stereocenters. The van der Waals surface area contributed by atoms with E-state index in [1.165, 1.54) is 0 Å². The Balaban J connectivity index is 1.92. The first-order valence-electron chi connectivity index (χ1n) is 7.14. The van der Waals surface area contributed by atoms with Gasteiger partial charge in [-0.2, -0.15) is 5.10 Å². The molecular formula is C16H14IN4O4-. The van der Waals surface area contributed by atoms with Gasteiger partial charge in [-0.3, -0.25) is 14.9 Å². The van der Waals surface area contributed by atoms with Gasteiger partial charge in [0.2, 0.25) is 0 Å². The molecule has 2 aromatic rings. The molecule has 1 amide bonds. The first-order valence-corrected chi connectivity index (χ1v) is 8.22. The number of hydrogen-bond acceptors (Lipinski definition) is 6. The monoisotopic (exact) mass is 453 g/mol. The number of carbonyl (C=O) groups excluding carboxylic acids is 1. The van der Waals surface area contributed by atoms with Gasteiger partial charge in [-0.15, -0.1) is 0 Å². The molecule has 0 aliphatic carbocycles. The smallest absolute Gasteiger partial charge is 0.270 e. The quantitative estimate of drug-likeness (QED) is 0.301. The van der Waals surface area contributed by atoms with E-state index in [4.69, 9.17) is 0 Å². The standard InChI is InChI=1S/C16H15IN4O4/c1-10-6-12(17)2-4-14(10)18-9-16(23)20-19-8-11-7-13(21(24)25)3-5-15(11)22/h2-8,18,22H,9H2,1H3,(H,20,23)/p-1. The molecule has 0 aliphatic rings. The molecule has 0 spiro atoms. The predicted octanol–water partition coefficient (Wildman–Crippen LogP) is 2.14. The van der Waals surface area contributed by atoms with Gasteiger partial charge in [-0.1, -0.05) is 11.8 Å². The minimum absolute atomic E-state index is 0.00204. The van der Waals surface area contributed by atoms with E-state index in [9.17, 15) is 20.0 Å². The Kier molecular flexibility index (Phi) is 6.28. The molecular weight excluding hydrogens is 439 g/mol. The van der Waals surface area contributed by atoms with Crippen LogP contribution in [0.15, 0.2) is 41.5 Å². The van der Waals surface area contributed by atoms with E-state index >= 15 is 0 Å². The van der Waals surface area contributed by atoms with Crippen LogP contribution < -0.4 is 15.8 Å². The Morgan fingerprint density at radius 1 is 1.32 bits per heavy atom. The van der Waals surface area contributed by atoms with E-state index in [0.29, 0.717) is 0 Å². The van der Waals surface area contributed by atoms with Gasteiger partial charge in [-0.25, -0.2) is 5.43 Å². The van der Waals surface area contributed by atoms with Crippen LogP contribution in [0.1, 0.15) is 11.1 Å². The number of nitro benzene ring substituents is 1. The van der Waals surface area contributed by atoms with Crippen molar-refractivity contribution in [2.24, 2.45) is 5.10 Å². The molecule has 0 atom stereocenters. The van der Waals surface area contributed by atoms with Crippen LogP contribution in [-0.4, -0.2) is 23.6 Å². The van der Waals surface area contributed by atoms with E-state index in [1.807, 2.05) is 25.1 Å². The van der Waals surface area contributed by atoms with Crippen LogP contribution in [-0.2, 0) is 4.79 Å². The number of nitrogens with one attached hydrogen (secondary N) is 2. The highest BCUT2D eigenvalue weighted by atomic mass is 127. The number of hydrogen-bond donors (Lipinski definition) is 2. The van der Waals surface area contributed by atoms with E-state index in [1.54, 1.807) is 0 Å². The Morgan fingerprint density at radius 2 is 2.08 bits per heavy atom. The number of rotatable bonds is 6. The summed E-state index contributed by atoms with van der Waals surface area (Å²) < 4.78 is 1.10. The van der Waals surface area contributed by atoms with Gasteiger partial charge in [0.1, 0.15) is 0 Å². The van der Waals surface area contributed by atoms with Gasteiger partial charge < -0.3 is 10.4 Å². The predicted molar refractivity (Wildman–Crippen MR) is 101 cm³/mol. The number of hydrazone groups is 1. The van der Waals surface area contributed by atoms with E-state index in [-0.39, 0.29) is 17.8 Å². The maximum Gasteiger partial charge on any atom is 0.270 e. The molecule has 0 fully saturated rings. The Morgan fingerprint density at radius 3 is 2.76 bits per heavy atom. The lowest BCUT2D eigenvalue weighted by atomic mass is 10.2. The van der Waals surface area contributed by atoms with Crippen LogP contribution >= 0.6 is 22.6 Å². The fourth-order valence-corrected chi connectivity index (χ4v) is 2.61. The minimum atomic E-state index is -0.608. The SMILES string of the molecule is Cc1cc(I)ccc1NCC(=O)NN=Cc1cc([N+](=O)[O-])ccc1[O-]. The van der Waals surface area contributed by atoms with Crippen molar-refractivity contribution in [1.82, 2.24) is 5.43 Å². The molecule has 2 N–H and O–H groups in total. The summed E-state index contributed by atoms with van der Waals surface area (Å²) in [6, 6.07) is 9.08. The zero-order valence-corrected chi connectivity index (χ0v) is 15.3. The number of nitro groups is 1. The molecule has 0 saturated carbocycles. The molecule has 0 aliphatic heterocycles. The Labute approximate surface area is 157 Å². The maximum atomic E-state index is 11.8. The summed E-state index contributed by atoms with van der Waals surface area (Å²) in [5.41, 5.74) is 3.91. The van der Waals surface area contributed by atoms with Gasteiger partial charge >= 0.3 is 0 Å². The molecule has 0 radical (unpaired) electrons. The first kappa shape index (κ1) is 18.6. The number of halogens is 1. The van der Waals surface area contributed by atoms with E-state index in [0.717, 1.165) is 39.2 Å². The second-order valence-electron chi connectivity index (χ2n) is 5.09. The molecule has 2 rings (SSSR count). The fourth-order valence-electron chi connectivity index (χ4n) is 1.96. The van der Waals surface area contributed by atoms with Crippen molar-refractivity contribution in [3.05, 3.63) is 61.2 Å². The van der Waals surface area contributed by atoms with Crippen molar-refractivity contribution < 1.29 is 14.8 Å². The number of anilines is 1. The van der Waals surface area contributed by atoms with Crippen molar-refractivity contribution in [3.63, 3.8) is 0 Å². The number of nitrogens with zero attached hydrogens (tertiary/aromatic N) is 2. The molecule has 0 saturated heterocycles. The Bertz CT molecular complexity index is 839. The molecule has 8 nitrogen and oxygen atoms in total. The van der Waals surface area contributed by atoms with Crippen LogP contribution in [0, 0.1) is 20.6 Å². The lowest BCUT2D eigenvalue weighted by molar-refractivity contribution is -0.385. The number of benzene rings is 2. The highest BCUT2D eigenvalue weighted by Crippen LogP contribution is 2.19. The normalized spacial score (nSPS) is 10.6. The lowest BCUT2D eigenvalue weighted by Crippen LogP contribution is -2.26. The molecule has 130 valence electrons. The highest BCUT2D eigenvalue weighted by molar-refractivity contribution is 14.1. The van der Waals surface area contributed by atoms with Gasteiger partial charge in [0.15, 0.2) is 0 Å². The van der Waals surface area contributed by atoms with Gasteiger partial charge in [-0.05, 0) is 58.8 Å². The van der Waals surface area contributed by atoms with Crippen LogP contribution in [0.3, 0.4) is 0 Å². The average molecular weight is 453 g/mol. The summed E-state index contributed by atoms with van der Waals surface area (Å²) in [6.07, 6.45) is 1.09. The van der Waals surface area contributed by atoms with Crippen molar-refractivity contribution in [3.8, 4) is 5.75 Å². The molecule has 2 aromatic carbocycles. The third kappa shape index (κ3) is 5.41. The van der Waals surface area contributed by atoms with E-state index in [2.05, 4.69) is 38.4 Å². The summed E-state index contributed by atoms with van der Waals surface area (Å²) >= 11 is 2.20. The van der Waals surface area contributed by atoms with Gasteiger partial charge in [0, 0.05) is 21.4 Å². The van der Waals surface area contributed by atoms with Crippen molar-refractivity contribution in [2.45, 2.75) is 6.92 Å². The average Bonchev–Trinajstić information content (AvgIpc) is 2.55. The molecule has 9 heteroatoms. The number of non-ortho nitro benzene ring substituents is 1. The summed E-state index contributed by atoms with van der Waals surface area (Å²) in [7, 11) is 0. The summed E-state index contributed by atoms with van der Waals surface area (Å²) in [5.74, 6) is -0.830. The summed E-state index contributed by atoms with van der Waals surface area (Å²) in [4.78, 5) is 21.9. The fraction of sp³-hybridized carbons (Fsp3) is 0.125. The van der Waals surface area contributed by atoms with Crippen molar-refractivity contribution in [2.75, 3.05) is 11.9 Å². The summed E-state index contributed by atoms with van der Waals surface area (Å²) in [5, 5.41) is 28.9. The van der Waals surface area contributed by atoms with Crippen LogP contribution in [0.5, 0.6) is 5.75 Å². The second kappa shape index (κ2) is 8.42. The Hall–Kier alpha value is -2.69. The topological polar surface area (TPSA) is 120 Å². The molecule has 25 heavy (non-hydrogen) atoms. The zero-order valence-electron chi connectivity index (χ0n) is 13.2. The minimum Gasteiger partial charge on any atom is -0.872 e. The highest BCUT2D eigenvalue weighted by Gasteiger charge is 2.06. The third-order valence-electron chi connectivity index (χ3n) is 3.22. The van der Waals surface area contributed by atoms with Gasteiger partial charge in [0.25, 0.3) is 11.6 Å². The number of carbonyl (C=O) groups is 1. The third-order valence-corrected chi connectivity index (χ3v) is 3.90. The first-order chi connectivity index (χ1) is 11.9. The van der Waals surface area contributed by atoms with Crippen LogP contribution in [0.2, 0.25) is 0 Å². The van der Waals surface area contributed by atoms with Crippen molar-refractivity contribution in [1.29, 1.82) is 0 Å². The zero-order chi connectivity index (χ0) is 18.4. The largest absolute Gasteiger partial charge is 0.872 e. The van der Waals surface area contributed by atoms with Gasteiger partial charge in [0.05, 0.1) is 17.7 Å². The molecule has 0 aromatic heterocycles. The maximum absolute atomic E-state index is 11.8. The molecule has 0 bridgehead atoms. The summed E-state index contributed by atoms with van der Waals surface area (Å²) in [6.45, 7) is 1.93. The van der Waals surface area contributed by atoms with Crippen LogP contribution in [0.25, 0.3) is 0 Å².